The molecular weight excluding hydrogens is 188 g/mol. The zero-order chi connectivity index (χ0) is 9.68. The van der Waals surface area contributed by atoms with Gasteiger partial charge in [-0.25, -0.2) is 0 Å². The lowest BCUT2D eigenvalue weighted by molar-refractivity contribution is -0.137. The number of carboxylic acid groups (broad SMARTS) is 1. The Morgan fingerprint density at radius 2 is 2.23 bits per heavy atom. The van der Waals surface area contributed by atoms with Crippen molar-refractivity contribution in [3.8, 4) is 0 Å². The highest BCUT2D eigenvalue weighted by molar-refractivity contribution is 7.99. The van der Waals surface area contributed by atoms with E-state index in [1.165, 1.54) is 11.8 Å². The Balaban J connectivity index is 2.39. The molecule has 0 unspecified atom stereocenters. The van der Waals surface area contributed by atoms with Crippen LogP contribution in [-0.4, -0.2) is 27.9 Å². The highest BCUT2D eigenvalue weighted by Crippen LogP contribution is 2.16. The number of aliphatic carboxylic acids is 1. The van der Waals surface area contributed by atoms with Crippen molar-refractivity contribution in [1.29, 1.82) is 0 Å². The van der Waals surface area contributed by atoms with Gasteiger partial charge in [0.2, 0.25) is 0 Å². The molecule has 0 aliphatic rings. The zero-order valence-electron chi connectivity index (χ0n) is 6.88. The van der Waals surface area contributed by atoms with E-state index < -0.39 is 12.0 Å². The summed E-state index contributed by atoms with van der Waals surface area (Å²) < 4.78 is 0. The molecule has 1 aromatic rings. The monoisotopic (exact) mass is 198 g/mol. The number of hydrogen-bond donors (Lipinski definition) is 2. The van der Waals surface area contributed by atoms with E-state index in [1.54, 1.807) is 12.4 Å². The molecule has 0 aliphatic heterocycles. The normalized spacial score (nSPS) is 12.4. The number of hydrogen-bond acceptors (Lipinski definition) is 4. The van der Waals surface area contributed by atoms with Gasteiger partial charge in [0.15, 0.2) is 0 Å². The van der Waals surface area contributed by atoms with Crippen LogP contribution >= 0.6 is 11.8 Å². The molecule has 0 bridgehead atoms. The van der Waals surface area contributed by atoms with Gasteiger partial charge in [-0.3, -0.25) is 9.78 Å². The number of rotatable bonds is 4. The van der Waals surface area contributed by atoms with Crippen LogP contribution in [0.4, 0.5) is 0 Å². The molecule has 0 radical (unpaired) electrons. The van der Waals surface area contributed by atoms with E-state index in [-0.39, 0.29) is 0 Å². The summed E-state index contributed by atoms with van der Waals surface area (Å²) in [5, 5.41) is 8.51. The zero-order valence-corrected chi connectivity index (χ0v) is 7.70. The van der Waals surface area contributed by atoms with Crippen molar-refractivity contribution >= 4 is 17.7 Å². The van der Waals surface area contributed by atoms with Crippen molar-refractivity contribution in [3.63, 3.8) is 0 Å². The summed E-state index contributed by atoms with van der Waals surface area (Å²) in [5.74, 6) is -0.596. The maximum atomic E-state index is 10.4. The van der Waals surface area contributed by atoms with Crippen LogP contribution in [0.2, 0.25) is 0 Å². The first-order chi connectivity index (χ1) is 6.20. The van der Waals surface area contributed by atoms with Crippen LogP contribution < -0.4 is 5.73 Å². The fourth-order valence-electron chi connectivity index (χ4n) is 0.692. The first-order valence-corrected chi connectivity index (χ1v) is 4.70. The third-order valence-electron chi connectivity index (χ3n) is 1.40. The lowest BCUT2D eigenvalue weighted by atomic mass is 10.4. The summed E-state index contributed by atoms with van der Waals surface area (Å²) in [6, 6.07) is 2.83. The average molecular weight is 198 g/mol. The van der Waals surface area contributed by atoms with Crippen LogP contribution in [-0.2, 0) is 4.79 Å². The highest BCUT2D eigenvalue weighted by atomic mass is 32.2. The molecule has 1 aromatic heterocycles. The van der Waals surface area contributed by atoms with Crippen molar-refractivity contribution in [1.82, 2.24) is 4.98 Å². The second-order valence-electron chi connectivity index (χ2n) is 2.44. The molecule has 0 fully saturated rings. The number of pyridine rings is 1. The molecule has 0 amide bonds. The van der Waals surface area contributed by atoms with Crippen LogP contribution in [0.25, 0.3) is 0 Å². The van der Waals surface area contributed by atoms with Crippen molar-refractivity contribution < 1.29 is 9.90 Å². The molecule has 70 valence electrons. The number of carbonyl (C=O) groups is 1. The van der Waals surface area contributed by atoms with Crippen molar-refractivity contribution in [2.45, 2.75) is 10.9 Å². The Hall–Kier alpha value is -1.07. The van der Waals surface area contributed by atoms with Crippen LogP contribution in [0.15, 0.2) is 29.4 Å². The predicted molar refractivity (Wildman–Crippen MR) is 50.6 cm³/mol. The summed E-state index contributed by atoms with van der Waals surface area (Å²) in [5.41, 5.74) is 5.33. The molecule has 4 nitrogen and oxygen atoms in total. The fourth-order valence-corrected chi connectivity index (χ4v) is 1.52. The Morgan fingerprint density at radius 3 is 2.77 bits per heavy atom. The van der Waals surface area contributed by atoms with Gasteiger partial charge in [-0.1, -0.05) is 0 Å². The van der Waals surface area contributed by atoms with E-state index in [4.69, 9.17) is 10.8 Å². The molecule has 13 heavy (non-hydrogen) atoms. The molecule has 0 spiro atoms. The smallest absolute Gasteiger partial charge is 0.321 e. The number of thioether (sulfide) groups is 1. The summed E-state index contributed by atoms with van der Waals surface area (Å²) >= 11 is 1.41. The standard InChI is InChI=1S/C8H10N2O2S/c9-7(8(11)12)5-13-6-1-3-10-4-2-6/h1-4,7H,5,9H2,(H,11,12)/t7-/m0/s1. The molecule has 0 saturated carbocycles. The van der Waals surface area contributed by atoms with Gasteiger partial charge in [-0.2, -0.15) is 0 Å². The number of carboxylic acids is 1. The summed E-state index contributed by atoms with van der Waals surface area (Å²) in [6.45, 7) is 0. The molecule has 1 heterocycles. The molecule has 1 rings (SSSR count). The third-order valence-corrected chi connectivity index (χ3v) is 2.53. The molecule has 0 aromatic carbocycles. The van der Waals surface area contributed by atoms with Gasteiger partial charge in [-0.15, -0.1) is 11.8 Å². The Kier molecular flexibility index (Phi) is 3.72. The molecule has 0 aliphatic carbocycles. The van der Waals surface area contributed by atoms with Crippen LogP contribution in [0.3, 0.4) is 0 Å². The van der Waals surface area contributed by atoms with E-state index in [0.29, 0.717) is 5.75 Å². The van der Waals surface area contributed by atoms with Crippen LogP contribution in [0, 0.1) is 0 Å². The average Bonchev–Trinajstić information content (AvgIpc) is 2.15. The maximum Gasteiger partial charge on any atom is 0.321 e. The molecule has 5 heteroatoms. The van der Waals surface area contributed by atoms with E-state index in [2.05, 4.69) is 4.98 Å². The topological polar surface area (TPSA) is 76.2 Å². The van der Waals surface area contributed by atoms with Gasteiger partial charge in [-0.05, 0) is 12.1 Å². The third kappa shape index (κ3) is 3.43. The number of nitrogens with zero attached hydrogens (tertiary/aromatic N) is 1. The second kappa shape index (κ2) is 4.84. The fraction of sp³-hybridized carbons (Fsp3) is 0.250. The van der Waals surface area contributed by atoms with Crippen LogP contribution in [0.5, 0.6) is 0 Å². The summed E-state index contributed by atoms with van der Waals surface area (Å²) in [6.07, 6.45) is 3.32. The number of nitrogens with two attached hydrogens (primary N) is 1. The SMILES string of the molecule is N[C@@H](CSc1ccncc1)C(=O)O. The predicted octanol–water partition coefficient (Wildman–Crippen LogP) is 0.586. The summed E-state index contributed by atoms with van der Waals surface area (Å²) in [7, 11) is 0. The lowest BCUT2D eigenvalue weighted by Crippen LogP contribution is -2.32. The summed E-state index contributed by atoms with van der Waals surface area (Å²) in [4.78, 5) is 15.2. The van der Waals surface area contributed by atoms with Gasteiger partial charge in [0.1, 0.15) is 6.04 Å². The van der Waals surface area contributed by atoms with Crippen LogP contribution in [0.1, 0.15) is 0 Å². The first-order valence-electron chi connectivity index (χ1n) is 3.71. The Morgan fingerprint density at radius 1 is 1.62 bits per heavy atom. The van der Waals surface area contributed by atoms with E-state index in [9.17, 15) is 4.79 Å². The minimum atomic E-state index is -0.971. The van der Waals surface area contributed by atoms with Gasteiger partial charge in [0.25, 0.3) is 0 Å². The van der Waals surface area contributed by atoms with E-state index in [0.717, 1.165) is 4.90 Å². The van der Waals surface area contributed by atoms with E-state index >= 15 is 0 Å². The lowest BCUT2D eigenvalue weighted by Gasteiger charge is -2.04. The Labute approximate surface area is 80.2 Å². The minimum Gasteiger partial charge on any atom is -0.480 e. The van der Waals surface area contributed by atoms with Gasteiger partial charge < -0.3 is 10.8 Å². The maximum absolute atomic E-state index is 10.4. The first kappa shape index (κ1) is 10.0. The minimum absolute atomic E-state index is 0.374. The van der Waals surface area contributed by atoms with Gasteiger partial charge in [0.05, 0.1) is 0 Å². The molecule has 0 saturated heterocycles. The second-order valence-corrected chi connectivity index (χ2v) is 3.53. The van der Waals surface area contributed by atoms with Crippen molar-refractivity contribution in [2.24, 2.45) is 5.73 Å². The molecular formula is C8H10N2O2S. The molecule has 1 atom stereocenters. The van der Waals surface area contributed by atoms with E-state index in [1.807, 2.05) is 12.1 Å². The van der Waals surface area contributed by atoms with Crippen molar-refractivity contribution in [2.75, 3.05) is 5.75 Å². The quantitative estimate of drug-likeness (QED) is 0.692. The van der Waals surface area contributed by atoms with Gasteiger partial charge >= 0.3 is 5.97 Å². The van der Waals surface area contributed by atoms with Crippen molar-refractivity contribution in [3.05, 3.63) is 24.5 Å². The Bertz CT molecular complexity index is 279. The largest absolute Gasteiger partial charge is 0.480 e. The molecule has 3 N–H and O–H groups in total. The highest BCUT2D eigenvalue weighted by Gasteiger charge is 2.10. The number of aromatic nitrogens is 1. The van der Waals surface area contributed by atoms with Gasteiger partial charge in [0, 0.05) is 23.0 Å².